The highest BCUT2D eigenvalue weighted by Crippen LogP contribution is 2.23. The molecule has 0 aliphatic rings. The standard InChI is InChI=1S/C15H16N2O3S/c1-9-3-5-11(6-4-9)10(2)16-15(20)17-13-12(14(18)19)7-8-21-13/h3-8,10H,1-2H3,(H,18,19)(H2,16,17,20). The number of hydrogen-bond acceptors (Lipinski definition) is 3. The summed E-state index contributed by atoms with van der Waals surface area (Å²) in [6.07, 6.45) is 0. The monoisotopic (exact) mass is 304 g/mol. The average Bonchev–Trinajstić information content (AvgIpc) is 2.87. The third-order valence-electron chi connectivity index (χ3n) is 3.05. The van der Waals surface area contributed by atoms with Crippen molar-refractivity contribution in [3.8, 4) is 0 Å². The number of amides is 2. The molecule has 0 saturated heterocycles. The van der Waals surface area contributed by atoms with Gasteiger partial charge in [-0.1, -0.05) is 29.8 Å². The van der Waals surface area contributed by atoms with E-state index >= 15 is 0 Å². The molecular weight excluding hydrogens is 288 g/mol. The van der Waals surface area contributed by atoms with Crippen LogP contribution in [0.5, 0.6) is 0 Å². The molecule has 6 heteroatoms. The Morgan fingerprint density at radius 2 is 1.86 bits per heavy atom. The summed E-state index contributed by atoms with van der Waals surface area (Å²) < 4.78 is 0. The van der Waals surface area contributed by atoms with E-state index < -0.39 is 12.0 Å². The van der Waals surface area contributed by atoms with Crippen molar-refractivity contribution < 1.29 is 14.7 Å². The van der Waals surface area contributed by atoms with Crippen molar-refractivity contribution in [3.05, 3.63) is 52.4 Å². The van der Waals surface area contributed by atoms with Gasteiger partial charge in [-0.15, -0.1) is 11.3 Å². The fourth-order valence-corrected chi connectivity index (χ4v) is 2.62. The predicted octanol–water partition coefficient (Wildman–Crippen LogP) is 3.64. The molecule has 1 atom stereocenters. The van der Waals surface area contributed by atoms with Gasteiger partial charge >= 0.3 is 12.0 Å². The van der Waals surface area contributed by atoms with Crippen LogP contribution in [0.25, 0.3) is 0 Å². The Bertz CT molecular complexity index is 649. The highest BCUT2D eigenvalue weighted by molar-refractivity contribution is 7.14. The van der Waals surface area contributed by atoms with Crippen molar-refractivity contribution >= 4 is 28.3 Å². The summed E-state index contributed by atoms with van der Waals surface area (Å²) in [5.41, 5.74) is 2.23. The molecule has 2 amide bonds. The molecule has 0 bridgehead atoms. The maximum Gasteiger partial charge on any atom is 0.338 e. The SMILES string of the molecule is Cc1ccc(C(C)NC(=O)Nc2sccc2C(=O)O)cc1. The van der Waals surface area contributed by atoms with Gasteiger partial charge in [0.25, 0.3) is 0 Å². The summed E-state index contributed by atoms with van der Waals surface area (Å²) in [5, 5.41) is 16.3. The molecule has 0 radical (unpaired) electrons. The highest BCUT2D eigenvalue weighted by atomic mass is 32.1. The molecule has 0 aliphatic heterocycles. The first-order chi connectivity index (χ1) is 9.97. The van der Waals surface area contributed by atoms with Crippen LogP contribution in [0, 0.1) is 6.92 Å². The number of carboxylic acids is 1. The third kappa shape index (κ3) is 3.82. The highest BCUT2D eigenvalue weighted by Gasteiger charge is 2.15. The first-order valence-electron chi connectivity index (χ1n) is 6.42. The van der Waals surface area contributed by atoms with E-state index in [1.165, 1.54) is 17.4 Å². The Morgan fingerprint density at radius 3 is 2.48 bits per heavy atom. The van der Waals surface area contributed by atoms with Crippen molar-refractivity contribution in [3.63, 3.8) is 0 Å². The van der Waals surface area contributed by atoms with Crippen LogP contribution in [-0.4, -0.2) is 17.1 Å². The number of aryl methyl sites for hydroxylation is 1. The zero-order valence-electron chi connectivity index (χ0n) is 11.7. The van der Waals surface area contributed by atoms with Crippen LogP contribution in [-0.2, 0) is 0 Å². The number of anilines is 1. The van der Waals surface area contributed by atoms with Crippen molar-refractivity contribution in [1.82, 2.24) is 5.32 Å². The van der Waals surface area contributed by atoms with Crippen LogP contribution >= 0.6 is 11.3 Å². The van der Waals surface area contributed by atoms with E-state index in [0.717, 1.165) is 11.1 Å². The molecule has 0 spiro atoms. The summed E-state index contributed by atoms with van der Waals surface area (Å²) >= 11 is 1.18. The fraction of sp³-hybridized carbons (Fsp3) is 0.200. The molecular formula is C15H16N2O3S. The van der Waals surface area contributed by atoms with Crippen LogP contribution < -0.4 is 10.6 Å². The van der Waals surface area contributed by atoms with Crippen molar-refractivity contribution in [2.45, 2.75) is 19.9 Å². The number of benzene rings is 1. The topological polar surface area (TPSA) is 78.4 Å². The Kier molecular flexibility index (Phi) is 4.59. The average molecular weight is 304 g/mol. The molecule has 0 aliphatic carbocycles. The number of carboxylic acid groups (broad SMARTS) is 1. The summed E-state index contributed by atoms with van der Waals surface area (Å²) in [5.74, 6) is -1.06. The predicted molar refractivity (Wildman–Crippen MR) is 83.0 cm³/mol. The number of hydrogen-bond donors (Lipinski definition) is 3. The molecule has 1 heterocycles. The minimum absolute atomic E-state index is 0.0955. The number of aromatic carboxylic acids is 1. The normalized spacial score (nSPS) is 11.7. The summed E-state index contributed by atoms with van der Waals surface area (Å²) in [6, 6.07) is 8.74. The van der Waals surface area contributed by atoms with Gasteiger partial charge in [0.1, 0.15) is 5.00 Å². The first kappa shape index (κ1) is 15.1. The Balaban J connectivity index is 1.99. The summed E-state index contributed by atoms with van der Waals surface area (Å²) in [4.78, 5) is 22.9. The second-order valence-electron chi connectivity index (χ2n) is 4.70. The lowest BCUT2D eigenvalue weighted by molar-refractivity contribution is 0.0698. The number of nitrogens with one attached hydrogen (secondary N) is 2. The number of thiophene rings is 1. The van der Waals surface area contributed by atoms with Crippen LogP contribution in [0.15, 0.2) is 35.7 Å². The van der Waals surface area contributed by atoms with E-state index in [0.29, 0.717) is 5.00 Å². The van der Waals surface area contributed by atoms with Gasteiger partial charge < -0.3 is 10.4 Å². The van der Waals surface area contributed by atoms with E-state index in [9.17, 15) is 9.59 Å². The first-order valence-corrected chi connectivity index (χ1v) is 7.30. The zero-order chi connectivity index (χ0) is 15.4. The molecule has 2 rings (SSSR count). The van der Waals surface area contributed by atoms with E-state index in [4.69, 9.17) is 5.11 Å². The smallest absolute Gasteiger partial charge is 0.338 e. The minimum Gasteiger partial charge on any atom is -0.478 e. The summed E-state index contributed by atoms with van der Waals surface area (Å²) in [6.45, 7) is 3.87. The van der Waals surface area contributed by atoms with Gasteiger partial charge in [-0.2, -0.15) is 0 Å². The van der Waals surface area contributed by atoms with Gasteiger partial charge in [-0.05, 0) is 30.9 Å². The summed E-state index contributed by atoms with van der Waals surface area (Å²) in [7, 11) is 0. The van der Waals surface area contributed by atoms with Gasteiger partial charge in [0.2, 0.25) is 0 Å². The van der Waals surface area contributed by atoms with Gasteiger partial charge in [-0.25, -0.2) is 9.59 Å². The van der Waals surface area contributed by atoms with Gasteiger partial charge in [0.15, 0.2) is 0 Å². The number of urea groups is 1. The number of rotatable bonds is 4. The zero-order valence-corrected chi connectivity index (χ0v) is 12.5. The molecule has 0 fully saturated rings. The van der Waals surface area contributed by atoms with Crippen LogP contribution in [0.4, 0.5) is 9.80 Å². The quantitative estimate of drug-likeness (QED) is 0.807. The maximum absolute atomic E-state index is 11.9. The van der Waals surface area contributed by atoms with E-state index in [1.54, 1.807) is 5.38 Å². The maximum atomic E-state index is 11.9. The Hall–Kier alpha value is -2.34. The van der Waals surface area contributed by atoms with Crippen LogP contribution in [0.2, 0.25) is 0 Å². The van der Waals surface area contributed by atoms with Crippen molar-refractivity contribution in [2.75, 3.05) is 5.32 Å². The van der Waals surface area contributed by atoms with Gasteiger partial charge in [0, 0.05) is 0 Å². The van der Waals surface area contributed by atoms with Crippen molar-refractivity contribution in [1.29, 1.82) is 0 Å². The Morgan fingerprint density at radius 1 is 1.19 bits per heavy atom. The van der Waals surface area contributed by atoms with Gasteiger partial charge in [-0.3, -0.25) is 5.32 Å². The molecule has 1 aromatic carbocycles. The third-order valence-corrected chi connectivity index (χ3v) is 3.88. The van der Waals surface area contributed by atoms with E-state index in [-0.39, 0.29) is 11.6 Å². The fourth-order valence-electron chi connectivity index (χ4n) is 1.85. The molecule has 2 aromatic rings. The molecule has 0 saturated carbocycles. The number of carbonyl (C=O) groups is 2. The molecule has 5 nitrogen and oxygen atoms in total. The van der Waals surface area contributed by atoms with Crippen LogP contribution in [0.3, 0.4) is 0 Å². The van der Waals surface area contributed by atoms with Crippen LogP contribution in [0.1, 0.15) is 34.5 Å². The second kappa shape index (κ2) is 6.41. The van der Waals surface area contributed by atoms with Gasteiger partial charge in [0.05, 0.1) is 11.6 Å². The molecule has 21 heavy (non-hydrogen) atoms. The lowest BCUT2D eigenvalue weighted by Gasteiger charge is -2.15. The second-order valence-corrected chi connectivity index (χ2v) is 5.62. The van der Waals surface area contributed by atoms with E-state index in [2.05, 4.69) is 10.6 Å². The lowest BCUT2D eigenvalue weighted by atomic mass is 10.1. The lowest BCUT2D eigenvalue weighted by Crippen LogP contribution is -2.31. The molecule has 110 valence electrons. The molecule has 1 unspecified atom stereocenters. The minimum atomic E-state index is -1.06. The van der Waals surface area contributed by atoms with E-state index in [1.807, 2.05) is 38.1 Å². The van der Waals surface area contributed by atoms with Crippen molar-refractivity contribution in [2.24, 2.45) is 0 Å². The number of carbonyl (C=O) groups excluding carboxylic acids is 1. The largest absolute Gasteiger partial charge is 0.478 e. The molecule has 3 N–H and O–H groups in total. The molecule has 1 aromatic heterocycles. The Labute approximate surface area is 126 Å².